The Kier molecular flexibility index (Phi) is 12.6. The first-order valence-electron chi connectivity index (χ1n) is 6.91. The molecule has 0 saturated carbocycles. The van der Waals surface area contributed by atoms with Gasteiger partial charge in [-0.05, 0) is 26.2 Å². The molecule has 0 spiro atoms. The van der Waals surface area contributed by atoms with Crippen molar-refractivity contribution in [3.05, 3.63) is 0 Å². The molecule has 0 saturated heterocycles. The predicted octanol–water partition coefficient (Wildman–Crippen LogP) is 2.22. The van der Waals surface area contributed by atoms with Gasteiger partial charge in [0.25, 0.3) is 0 Å². The van der Waals surface area contributed by atoms with E-state index in [1.54, 1.807) is 6.92 Å². The topological polar surface area (TPSA) is 52.6 Å². The second kappa shape index (κ2) is 11.5. The molecule has 4 nitrogen and oxygen atoms in total. The van der Waals surface area contributed by atoms with Crippen LogP contribution in [0.25, 0.3) is 0 Å². The van der Waals surface area contributed by atoms with Crippen LogP contribution >= 0.6 is 0 Å². The van der Waals surface area contributed by atoms with Gasteiger partial charge in [-0.2, -0.15) is 0 Å². The summed E-state index contributed by atoms with van der Waals surface area (Å²) in [6.07, 6.45) is 2.29. The highest BCUT2D eigenvalue weighted by Gasteiger charge is 2.21. The number of hydrogen-bond donors (Lipinski definition) is 2. The highest BCUT2D eigenvalue weighted by Crippen LogP contribution is 2.09. The molecule has 0 aromatic carbocycles. The Balaban J connectivity index is 0. The van der Waals surface area contributed by atoms with Gasteiger partial charge in [-0.1, -0.05) is 27.2 Å². The average Bonchev–Trinajstić information content (AvgIpc) is 2.32. The van der Waals surface area contributed by atoms with E-state index in [9.17, 15) is 4.79 Å². The van der Waals surface area contributed by atoms with Crippen molar-refractivity contribution in [2.75, 3.05) is 13.7 Å². The molecular weight excluding hydrogens is 228 g/mol. The van der Waals surface area contributed by atoms with Crippen molar-refractivity contribution in [2.45, 2.75) is 66.6 Å². The van der Waals surface area contributed by atoms with Crippen LogP contribution in [0.3, 0.4) is 0 Å². The van der Waals surface area contributed by atoms with Gasteiger partial charge in [0.2, 0.25) is 5.91 Å². The number of nitrogens with zero attached hydrogens (tertiary/aromatic N) is 1. The minimum absolute atomic E-state index is 0.157. The molecule has 0 aromatic heterocycles. The maximum atomic E-state index is 11.5. The number of rotatable bonds is 7. The maximum absolute atomic E-state index is 11.5. The highest BCUT2D eigenvalue weighted by atomic mass is 16.2. The van der Waals surface area contributed by atoms with Crippen molar-refractivity contribution in [3.8, 4) is 0 Å². The molecule has 0 radical (unpaired) electrons. The third-order valence-electron chi connectivity index (χ3n) is 3.14. The Morgan fingerprint density at radius 2 is 1.72 bits per heavy atom. The zero-order valence-corrected chi connectivity index (χ0v) is 13.2. The first-order valence-corrected chi connectivity index (χ1v) is 6.91. The molecule has 1 amide bonds. The molecule has 0 bridgehead atoms. The summed E-state index contributed by atoms with van der Waals surface area (Å²) in [6.45, 7) is 13.2. The largest absolute Gasteiger partial charge is 0.400 e. The van der Waals surface area contributed by atoms with Gasteiger partial charge in [0.05, 0.1) is 6.17 Å². The molecule has 0 fully saturated rings. The summed E-state index contributed by atoms with van der Waals surface area (Å²) in [5.41, 5.74) is 0. The summed E-state index contributed by atoms with van der Waals surface area (Å²) in [6, 6.07) is 0.435. The molecule has 0 rings (SSSR count). The van der Waals surface area contributed by atoms with Gasteiger partial charge in [-0.15, -0.1) is 0 Å². The molecule has 0 aliphatic carbocycles. The van der Waals surface area contributed by atoms with E-state index in [-0.39, 0.29) is 12.1 Å². The zero-order valence-electron chi connectivity index (χ0n) is 13.2. The molecule has 0 aliphatic rings. The Bertz CT molecular complexity index is 208. The summed E-state index contributed by atoms with van der Waals surface area (Å²) in [4.78, 5) is 13.4. The molecular formula is C14H32N2O2. The van der Waals surface area contributed by atoms with Gasteiger partial charge < -0.3 is 10.0 Å². The van der Waals surface area contributed by atoms with Crippen LogP contribution < -0.4 is 5.32 Å². The molecule has 2 unspecified atom stereocenters. The summed E-state index contributed by atoms with van der Waals surface area (Å²) in [7, 11) is 1.00. The van der Waals surface area contributed by atoms with Crippen molar-refractivity contribution < 1.29 is 9.90 Å². The van der Waals surface area contributed by atoms with Crippen LogP contribution in [0.2, 0.25) is 0 Å². The smallest absolute Gasteiger partial charge is 0.220 e. The predicted molar refractivity (Wildman–Crippen MR) is 77.3 cm³/mol. The van der Waals surface area contributed by atoms with Crippen molar-refractivity contribution in [1.82, 2.24) is 10.2 Å². The molecule has 0 aromatic rings. The lowest BCUT2D eigenvalue weighted by atomic mass is 10.1. The molecule has 18 heavy (non-hydrogen) atoms. The Morgan fingerprint density at radius 3 is 2.00 bits per heavy atom. The van der Waals surface area contributed by atoms with E-state index in [1.807, 2.05) is 11.8 Å². The molecule has 2 N–H and O–H groups in total. The third-order valence-corrected chi connectivity index (χ3v) is 3.14. The van der Waals surface area contributed by atoms with Gasteiger partial charge >= 0.3 is 0 Å². The average molecular weight is 260 g/mol. The normalized spacial score (nSPS) is 13.6. The fraction of sp³-hybridized carbons (Fsp3) is 0.929. The van der Waals surface area contributed by atoms with E-state index < -0.39 is 0 Å². The standard InChI is InChI=1S/C13H28N2O.CH4O/c1-7-9-13(14-11(5)10(3)4)15(8-2)12(6)16;1-2/h10-11,13-14H,7-9H2,1-6H3;2H,1H3. The van der Waals surface area contributed by atoms with Crippen molar-refractivity contribution >= 4 is 5.91 Å². The van der Waals surface area contributed by atoms with Crippen LogP contribution in [0.15, 0.2) is 0 Å². The number of nitrogens with one attached hydrogen (secondary N) is 1. The van der Waals surface area contributed by atoms with Crippen LogP contribution in [0.5, 0.6) is 0 Å². The first kappa shape index (κ1) is 19.7. The fourth-order valence-corrected chi connectivity index (χ4v) is 1.76. The number of aliphatic hydroxyl groups excluding tert-OH is 1. The van der Waals surface area contributed by atoms with Gasteiger partial charge in [-0.25, -0.2) is 0 Å². The summed E-state index contributed by atoms with van der Waals surface area (Å²) in [5, 5.41) is 10.6. The van der Waals surface area contributed by atoms with Gasteiger partial charge in [-0.3, -0.25) is 10.1 Å². The number of hydrogen-bond acceptors (Lipinski definition) is 3. The van der Waals surface area contributed by atoms with Gasteiger partial charge in [0, 0.05) is 26.6 Å². The van der Waals surface area contributed by atoms with E-state index >= 15 is 0 Å². The Hall–Kier alpha value is -0.610. The van der Waals surface area contributed by atoms with Crippen LogP contribution in [0.1, 0.15) is 54.4 Å². The van der Waals surface area contributed by atoms with Gasteiger partial charge in [0.15, 0.2) is 0 Å². The van der Waals surface area contributed by atoms with E-state index in [2.05, 4.69) is 33.0 Å². The first-order chi connectivity index (χ1) is 8.43. The zero-order chi connectivity index (χ0) is 14.7. The van der Waals surface area contributed by atoms with E-state index in [1.165, 1.54) is 0 Å². The number of amides is 1. The summed E-state index contributed by atoms with van der Waals surface area (Å²) in [5.74, 6) is 0.745. The monoisotopic (exact) mass is 260 g/mol. The molecule has 2 atom stereocenters. The fourth-order valence-electron chi connectivity index (χ4n) is 1.76. The lowest BCUT2D eigenvalue weighted by Gasteiger charge is -2.34. The second-order valence-corrected chi connectivity index (χ2v) is 4.81. The second-order valence-electron chi connectivity index (χ2n) is 4.81. The molecule has 0 aliphatic heterocycles. The molecule has 0 heterocycles. The number of carbonyl (C=O) groups is 1. The van der Waals surface area contributed by atoms with Gasteiger partial charge in [0.1, 0.15) is 0 Å². The maximum Gasteiger partial charge on any atom is 0.220 e. The van der Waals surface area contributed by atoms with Crippen LogP contribution in [-0.4, -0.2) is 41.8 Å². The summed E-state index contributed by atoms with van der Waals surface area (Å²) >= 11 is 0. The quantitative estimate of drug-likeness (QED) is 0.690. The number of aliphatic hydroxyl groups is 1. The van der Waals surface area contributed by atoms with Crippen LogP contribution in [-0.2, 0) is 4.79 Å². The van der Waals surface area contributed by atoms with E-state index in [4.69, 9.17) is 5.11 Å². The van der Waals surface area contributed by atoms with Crippen molar-refractivity contribution in [2.24, 2.45) is 5.92 Å². The minimum Gasteiger partial charge on any atom is -0.400 e. The molecule has 4 heteroatoms. The summed E-state index contributed by atoms with van der Waals surface area (Å²) < 4.78 is 0. The Morgan fingerprint density at radius 1 is 1.22 bits per heavy atom. The van der Waals surface area contributed by atoms with E-state index in [0.29, 0.717) is 12.0 Å². The highest BCUT2D eigenvalue weighted by molar-refractivity contribution is 5.73. The third kappa shape index (κ3) is 7.67. The lowest BCUT2D eigenvalue weighted by Crippen LogP contribution is -2.51. The van der Waals surface area contributed by atoms with Crippen molar-refractivity contribution in [3.63, 3.8) is 0 Å². The molecule has 110 valence electrons. The minimum atomic E-state index is 0.157. The Labute approximate surface area is 113 Å². The SMILES string of the molecule is CCCC(NC(C)C(C)C)N(CC)C(C)=O.CO. The van der Waals surface area contributed by atoms with E-state index in [0.717, 1.165) is 26.5 Å². The van der Waals surface area contributed by atoms with Crippen molar-refractivity contribution in [1.29, 1.82) is 0 Å². The number of carbonyl (C=O) groups excluding carboxylic acids is 1. The van der Waals surface area contributed by atoms with Crippen LogP contribution in [0.4, 0.5) is 0 Å². The lowest BCUT2D eigenvalue weighted by molar-refractivity contribution is -0.132. The van der Waals surface area contributed by atoms with Crippen LogP contribution in [0, 0.1) is 5.92 Å².